The smallest absolute Gasteiger partial charge is 0.224 e. The molecule has 3 heterocycles. The number of nitrogens with zero attached hydrogens (tertiary/aromatic N) is 5. The first-order chi connectivity index (χ1) is 17.4. The van der Waals surface area contributed by atoms with E-state index in [4.69, 9.17) is 20.2 Å². The van der Waals surface area contributed by atoms with E-state index < -0.39 is 15.2 Å². The summed E-state index contributed by atoms with van der Waals surface area (Å²) in [5.74, 6) is 1.43. The molecule has 4 aromatic rings. The summed E-state index contributed by atoms with van der Waals surface area (Å²) in [7, 11) is -0.616. The van der Waals surface area contributed by atoms with Crippen molar-refractivity contribution in [3.05, 3.63) is 54.7 Å². The van der Waals surface area contributed by atoms with E-state index in [2.05, 4.69) is 20.3 Å². The van der Waals surface area contributed by atoms with Gasteiger partial charge in [0.15, 0.2) is 28.5 Å². The molecule has 11 nitrogen and oxygen atoms in total. The van der Waals surface area contributed by atoms with Gasteiger partial charge in [-0.3, -0.25) is 0 Å². The van der Waals surface area contributed by atoms with Crippen molar-refractivity contribution in [1.82, 2.24) is 25.3 Å². The summed E-state index contributed by atoms with van der Waals surface area (Å²) in [5, 5.41) is 2.26. The van der Waals surface area contributed by atoms with E-state index >= 15 is 0 Å². The van der Waals surface area contributed by atoms with Gasteiger partial charge in [0.05, 0.1) is 31.0 Å². The first kappa shape index (κ1) is 23.7. The van der Waals surface area contributed by atoms with Gasteiger partial charge in [0, 0.05) is 25.2 Å². The van der Waals surface area contributed by atoms with E-state index in [1.807, 2.05) is 6.07 Å². The van der Waals surface area contributed by atoms with Crippen LogP contribution < -0.4 is 25.4 Å². The van der Waals surface area contributed by atoms with E-state index in [0.717, 1.165) is 5.56 Å². The summed E-state index contributed by atoms with van der Waals surface area (Å²) in [5.41, 5.74) is 7.90. The number of nitrogens with one attached hydrogen (secondary N) is 1. The largest absolute Gasteiger partial charge is 0.493 e. The molecule has 3 N–H and O–H groups in total. The molecule has 186 valence electrons. The predicted molar refractivity (Wildman–Crippen MR) is 136 cm³/mol. The summed E-state index contributed by atoms with van der Waals surface area (Å²) in [4.78, 5) is 19.8. The van der Waals surface area contributed by atoms with Crippen LogP contribution in [0.25, 0.3) is 22.4 Å². The maximum atomic E-state index is 13.6. The average molecular weight is 508 g/mol. The van der Waals surface area contributed by atoms with Crippen molar-refractivity contribution in [2.45, 2.75) is 10.3 Å². The highest BCUT2D eigenvalue weighted by atomic mass is 32.2. The highest BCUT2D eigenvalue weighted by Crippen LogP contribution is 2.33. The number of ether oxygens (including phenoxy) is 2. The molecular formula is C24H25N7O4S. The number of piperazine rings is 1. The number of benzene rings is 2. The minimum absolute atomic E-state index is 0.0138. The van der Waals surface area contributed by atoms with E-state index in [1.165, 1.54) is 0 Å². The van der Waals surface area contributed by atoms with Gasteiger partial charge in [-0.1, -0.05) is 18.2 Å². The fourth-order valence-corrected chi connectivity index (χ4v) is 5.94. The van der Waals surface area contributed by atoms with Crippen LogP contribution in [0.2, 0.25) is 0 Å². The molecule has 1 fully saturated rings. The fourth-order valence-electron chi connectivity index (χ4n) is 4.21. The predicted octanol–water partition coefficient (Wildman–Crippen LogP) is 1.90. The van der Waals surface area contributed by atoms with Crippen LogP contribution in [0.5, 0.6) is 11.5 Å². The third kappa shape index (κ3) is 4.25. The van der Waals surface area contributed by atoms with Crippen molar-refractivity contribution in [2.75, 3.05) is 44.5 Å². The molecular weight excluding hydrogens is 482 g/mol. The summed E-state index contributed by atoms with van der Waals surface area (Å²) < 4.78 is 37.9. The quantitative estimate of drug-likeness (QED) is 0.394. The second-order valence-corrected chi connectivity index (χ2v) is 10.2. The fraction of sp³-hybridized carbons (Fsp3) is 0.250. The van der Waals surface area contributed by atoms with Gasteiger partial charge < -0.3 is 25.4 Å². The zero-order valence-electron chi connectivity index (χ0n) is 19.7. The van der Waals surface area contributed by atoms with E-state index in [1.54, 1.807) is 67.8 Å². The van der Waals surface area contributed by atoms with Gasteiger partial charge in [0.2, 0.25) is 15.8 Å². The Kier molecular flexibility index (Phi) is 6.29. The zero-order valence-corrected chi connectivity index (χ0v) is 20.6. The van der Waals surface area contributed by atoms with Crippen LogP contribution in [0.1, 0.15) is 0 Å². The molecule has 1 aliphatic rings. The van der Waals surface area contributed by atoms with Crippen molar-refractivity contribution in [2.24, 2.45) is 0 Å². The molecule has 5 rings (SSSR count). The number of aromatic nitrogens is 4. The Hall–Kier alpha value is -4.03. The average Bonchev–Trinajstić information content (AvgIpc) is 2.92. The van der Waals surface area contributed by atoms with E-state index in [-0.39, 0.29) is 23.0 Å². The molecule has 0 amide bonds. The van der Waals surface area contributed by atoms with Crippen molar-refractivity contribution in [3.63, 3.8) is 0 Å². The standard InChI is InChI=1S/C24H25N7O4S/c1-34-18-9-8-15(12-19(18)35-2)17-13-27-22-21(28-17)23(30-24(25)29-22)31-11-10-26-14-20(31)36(32,33)16-6-4-3-5-7-16/h3-9,12-13,20,26H,10-11,14H2,1-2H3,(H2,25,27,29,30). The van der Waals surface area contributed by atoms with Gasteiger partial charge in [-0.15, -0.1) is 0 Å². The van der Waals surface area contributed by atoms with Gasteiger partial charge in [0.1, 0.15) is 5.37 Å². The highest BCUT2D eigenvalue weighted by molar-refractivity contribution is 7.92. The number of hydrogen-bond acceptors (Lipinski definition) is 11. The van der Waals surface area contributed by atoms with Crippen LogP contribution in [0, 0.1) is 0 Å². The Labute approximate surface area is 208 Å². The van der Waals surface area contributed by atoms with Crippen LogP contribution in [0.3, 0.4) is 0 Å². The van der Waals surface area contributed by atoms with Crippen molar-refractivity contribution in [1.29, 1.82) is 0 Å². The van der Waals surface area contributed by atoms with Crippen molar-refractivity contribution < 1.29 is 17.9 Å². The number of hydrogen-bond donors (Lipinski definition) is 2. The Bertz CT molecular complexity index is 1520. The van der Waals surface area contributed by atoms with Gasteiger partial charge in [0.25, 0.3) is 0 Å². The molecule has 1 saturated heterocycles. The molecule has 0 bridgehead atoms. The van der Waals surface area contributed by atoms with Crippen molar-refractivity contribution in [3.8, 4) is 22.8 Å². The Balaban J connectivity index is 1.64. The Morgan fingerprint density at radius 1 is 1.03 bits per heavy atom. The first-order valence-electron chi connectivity index (χ1n) is 11.2. The lowest BCUT2D eigenvalue weighted by Crippen LogP contribution is -2.55. The molecule has 0 saturated carbocycles. The molecule has 0 radical (unpaired) electrons. The lowest BCUT2D eigenvalue weighted by molar-refractivity contribution is 0.355. The normalized spacial score (nSPS) is 16.2. The third-order valence-electron chi connectivity index (χ3n) is 5.98. The number of fused-ring (bicyclic) bond motifs is 1. The van der Waals surface area contributed by atoms with Crippen LogP contribution in [0.4, 0.5) is 11.8 Å². The number of nitrogen functional groups attached to an aromatic ring is 1. The van der Waals surface area contributed by atoms with Gasteiger partial charge in [-0.2, -0.15) is 9.97 Å². The number of nitrogens with two attached hydrogens (primary N) is 1. The molecule has 12 heteroatoms. The number of anilines is 2. The molecule has 36 heavy (non-hydrogen) atoms. The monoisotopic (exact) mass is 507 g/mol. The SMILES string of the molecule is COc1ccc(-c2cnc3nc(N)nc(N4CCNCC4S(=O)(=O)c4ccccc4)c3n2)cc1OC. The molecule has 2 aromatic heterocycles. The summed E-state index contributed by atoms with van der Waals surface area (Å²) in [6.45, 7) is 1.16. The van der Waals surface area contributed by atoms with E-state index in [9.17, 15) is 8.42 Å². The summed E-state index contributed by atoms with van der Waals surface area (Å²) >= 11 is 0. The lowest BCUT2D eigenvalue weighted by atomic mass is 10.1. The topological polar surface area (TPSA) is 145 Å². The van der Waals surface area contributed by atoms with Crippen LogP contribution in [0.15, 0.2) is 59.6 Å². The molecule has 0 aliphatic carbocycles. The van der Waals surface area contributed by atoms with Gasteiger partial charge >= 0.3 is 0 Å². The Morgan fingerprint density at radius 2 is 1.81 bits per heavy atom. The van der Waals surface area contributed by atoms with Gasteiger partial charge in [-0.25, -0.2) is 18.4 Å². The lowest BCUT2D eigenvalue weighted by Gasteiger charge is -2.36. The first-order valence-corrected chi connectivity index (χ1v) is 12.8. The molecule has 1 atom stereocenters. The maximum absolute atomic E-state index is 13.6. The number of rotatable bonds is 6. The summed E-state index contributed by atoms with van der Waals surface area (Å²) in [6, 6.07) is 13.8. The molecule has 2 aromatic carbocycles. The summed E-state index contributed by atoms with van der Waals surface area (Å²) in [6.07, 6.45) is 1.58. The minimum atomic E-state index is -3.74. The third-order valence-corrected chi connectivity index (χ3v) is 8.05. The molecule has 1 aliphatic heterocycles. The minimum Gasteiger partial charge on any atom is -0.493 e. The van der Waals surface area contributed by atoms with Crippen LogP contribution in [-0.4, -0.2) is 67.6 Å². The van der Waals surface area contributed by atoms with Crippen LogP contribution >= 0.6 is 0 Å². The Morgan fingerprint density at radius 3 is 2.56 bits per heavy atom. The number of methoxy groups -OCH3 is 2. The molecule has 0 spiro atoms. The highest BCUT2D eigenvalue weighted by Gasteiger charge is 2.37. The van der Waals surface area contributed by atoms with Gasteiger partial charge in [-0.05, 0) is 30.3 Å². The zero-order chi connectivity index (χ0) is 25.3. The second-order valence-electron chi connectivity index (χ2n) is 8.11. The molecule has 1 unspecified atom stereocenters. The maximum Gasteiger partial charge on any atom is 0.224 e. The second kappa shape index (κ2) is 9.55. The number of sulfone groups is 1. The van der Waals surface area contributed by atoms with Crippen molar-refractivity contribution >= 4 is 32.8 Å². The van der Waals surface area contributed by atoms with Crippen LogP contribution in [-0.2, 0) is 9.84 Å². The van der Waals surface area contributed by atoms with E-state index in [0.29, 0.717) is 41.6 Å².